The monoisotopic (exact) mass is 1190 g/mol. The Morgan fingerprint density at radius 3 is 1.96 bits per heavy atom. The Bertz CT molecular complexity index is 2590. The number of ketones is 2. The summed E-state index contributed by atoms with van der Waals surface area (Å²) in [4.78, 5) is 179. The molecule has 3 aliphatic rings. The van der Waals surface area contributed by atoms with E-state index in [0.29, 0.717) is 30.6 Å². The van der Waals surface area contributed by atoms with E-state index in [4.69, 9.17) is 18.9 Å². The largest absolute Gasteiger partial charge is 0.497 e. The van der Waals surface area contributed by atoms with Crippen LogP contribution in [0.15, 0.2) is 24.3 Å². The first-order valence-electron chi connectivity index (χ1n) is 30.1. The summed E-state index contributed by atoms with van der Waals surface area (Å²) < 4.78 is 23.5. The topological polar surface area (TPSA) is 282 Å². The lowest BCUT2D eigenvalue weighted by Gasteiger charge is -2.43. The molecule has 0 radical (unpaired) electrons. The number of amides is 7. The highest BCUT2D eigenvalue weighted by Gasteiger charge is 2.49. The molecule has 23 heteroatoms. The zero-order valence-corrected chi connectivity index (χ0v) is 53.1. The molecule has 4 rings (SSSR count). The summed E-state index contributed by atoms with van der Waals surface area (Å²) in [6.45, 7) is 22.6. The summed E-state index contributed by atoms with van der Waals surface area (Å²) in [6, 6.07) is -3.30. The molecule has 0 bridgehead atoms. The molecule has 12 atom stereocenters. The highest BCUT2D eigenvalue weighted by atomic mass is 16.6. The molecule has 2 N–H and O–H groups in total. The van der Waals surface area contributed by atoms with Gasteiger partial charge < -0.3 is 54.1 Å². The molecule has 3 saturated heterocycles. The molecule has 3 heterocycles. The smallest absolute Gasteiger partial charge is 0.329 e. The van der Waals surface area contributed by atoms with Crippen LogP contribution in [-0.4, -0.2) is 196 Å². The fraction of sp³-hybridized carbons (Fsp3) is 0.710. The summed E-state index contributed by atoms with van der Waals surface area (Å²) in [5.41, 5.74) is 0.560. The normalized spacial score (nSPS) is 26.1. The number of methoxy groups -OCH3 is 1. The van der Waals surface area contributed by atoms with Gasteiger partial charge in [0.05, 0.1) is 25.5 Å². The molecule has 0 saturated carbocycles. The maximum atomic E-state index is 15.8. The Morgan fingerprint density at radius 2 is 1.42 bits per heavy atom. The van der Waals surface area contributed by atoms with Gasteiger partial charge in [-0.2, -0.15) is 0 Å². The lowest BCUT2D eigenvalue weighted by atomic mass is 9.91. The predicted molar refractivity (Wildman–Crippen MR) is 313 cm³/mol. The van der Waals surface area contributed by atoms with Gasteiger partial charge in [0, 0.05) is 53.5 Å². The second kappa shape index (κ2) is 31.4. The number of nitrogens with one attached hydrogen (secondary N) is 2. The second-order valence-electron chi connectivity index (χ2n) is 24.7. The van der Waals surface area contributed by atoms with Crippen molar-refractivity contribution in [3.05, 3.63) is 29.8 Å². The lowest BCUT2D eigenvalue weighted by molar-refractivity contribution is -0.169. The van der Waals surface area contributed by atoms with Crippen LogP contribution in [0.2, 0.25) is 0 Å². The van der Waals surface area contributed by atoms with E-state index in [1.165, 1.54) is 59.6 Å². The molecular weight excluding hydrogens is 1100 g/mol. The van der Waals surface area contributed by atoms with E-state index in [2.05, 4.69) is 10.6 Å². The number of esters is 3. The van der Waals surface area contributed by atoms with Crippen molar-refractivity contribution < 1.29 is 76.5 Å². The quantitative estimate of drug-likeness (QED) is 0.0956. The maximum Gasteiger partial charge on any atom is 0.329 e. The predicted octanol–water partition coefficient (Wildman–Crippen LogP) is 4.22. The number of carbonyl (C=O) groups is 12. The number of hydrogen-bond acceptors (Lipinski definition) is 16. The van der Waals surface area contributed by atoms with Crippen molar-refractivity contribution in [3.8, 4) is 5.75 Å². The van der Waals surface area contributed by atoms with E-state index in [9.17, 15) is 38.4 Å². The third kappa shape index (κ3) is 18.1. The van der Waals surface area contributed by atoms with Gasteiger partial charge in [0.1, 0.15) is 54.2 Å². The van der Waals surface area contributed by atoms with Crippen molar-refractivity contribution in [2.24, 2.45) is 29.6 Å². The van der Waals surface area contributed by atoms with Gasteiger partial charge in [-0.25, -0.2) is 4.79 Å². The summed E-state index contributed by atoms with van der Waals surface area (Å²) in [5.74, 6) is -12.3. The van der Waals surface area contributed by atoms with Crippen LogP contribution in [-0.2, 0) is 78.2 Å². The van der Waals surface area contributed by atoms with E-state index in [0.717, 1.165) is 13.8 Å². The molecule has 0 aromatic heterocycles. The van der Waals surface area contributed by atoms with E-state index in [1.807, 2.05) is 27.7 Å². The number of Topliss-reactive ketones (excluding diaryl/α,β-unsaturated/α-hetero) is 2. The number of hydrogen-bond donors (Lipinski definition) is 2. The van der Waals surface area contributed by atoms with Gasteiger partial charge in [0.2, 0.25) is 41.2 Å². The van der Waals surface area contributed by atoms with Crippen LogP contribution in [0.25, 0.3) is 0 Å². The number of likely N-dealkylation sites (N-methyl/N-ethyl adjacent to an activating group) is 2. The molecule has 3 aliphatic heterocycles. The van der Waals surface area contributed by atoms with Crippen LogP contribution in [0.4, 0.5) is 0 Å². The molecule has 1 aromatic rings. The van der Waals surface area contributed by atoms with Gasteiger partial charge in [-0.15, -0.1) is 0 Å². The molecule has 23 nitrogen and oxygen atoms in total. The summed E-state index contributed by atoms with van der Waals surface area (Å²) in [5, 5.41) is 5.72. The minimum atomic E-state index is -1.77. The molecule has 1 aromatic carbocycles. The van der Waals surface area contributed by atoms with Crippen molar-refractivity contribution in [2.45, 2.75) is 221 Å². The van der Waals surface area contributed by atoms with Gasteiger partial charge in [0.25, 0.3) is 5.91 Å². The fourth-order valence-corrected chi connectivity index (χ4v) is 11.5. The number of ether oxygens (including phenoxy) is 4. The van der Waals surface area contributed by atoms with Crippen LogP contribution in [0.1, 0.15) is 154 Å². The Labute approximate surface area is 501 Å². The minimum absolute atomic E-state index is 0.0466. The zero-order chi connectivity index (χ0) is 64.1. The number of carbonyl (C=O) groups excluding carboxylic acids is 12. The second-order valence-corrected chi connectivity index (χ2v) is 24.7. The molecule has 85 heavy (non-hydrogen) atoms. The average Bonchev–Trinajstić information content (AvgIpc) is 4.31. The van der Waals surface area contributed by atoms with Crippen molar-refractivity contribution >= 4 is 70.8 Å². The van der Waals surface area contributed by atoms with Gasteiger partial charge in [-0.3, -0.25) is 52.7 Å². The first-order valence-corrected chi connectivity index (χ1v) is 30.1. The van der Waals surface area contributed by atoms with Crippen LogP contribution in [0, 0.1) is 29.6 Å². The first-order chi connectivity index (χ1) is 39.8. The van der Waals surface area contributed by atoms with Gasteiger partial charge in [-0.1, -0.05) is 73.9 Å². The molecule has 3 fully saturated rings. The molecular formula is C62H95N7O16. The van der Waals surface area contributed by atoms with Crippen molar-refractivity contribution in [1.29, 1.82) is 0 Å². The van der Waals surface area contributed by atoms with E-state index < -0.39 is 162 Å². The fourth-order valence-electron chi connectivity index (χ4n) is 11.5. The van der Waals surface area contributed by atoms with Gasteiger partial charge in [0.15, 0.2) is 11.9 Å². The Hall–Kier alpha value is -6.94. The molecule has 474 valence electrons. The first kappa shape index (κ1) is 70.5. The highest BCUT2D eigenvalue weighted by Crippen LogP contribution is 2.29. The molecule has 0 spiro atoms. The highest BCUT2D eigenvalue weighted by molar-refractivity contribution is 6.35. The van der Waals surface area contributed by atoms with Gasteiger partial charge in [-0.05, 0) is 108 Å². The number of nitrogens with zero attached hydrogens (tertiary/aromatic N) is 5. The average molecular weight is 1190 g/mol. The van der Waals surface area contributed by atoms with Crippen molar-refractivity contribution in [1.82, 2.24) is 35.1 Å². The van der Waals surface area contributed by atoms with Crippen molar-refractivity contribution in [3.63, 3.8) is 0 Å². The summed E-state index contributed by atoms with van der Waals surface area (Å²) in [7, 11) is 4.31. The summed E-state index contributed by atoms with van der Waals surface area (Å²) >= 11 is 0. The van der Waals surface area contributed by atoms with Crippen LogP contribution in [0.3, 0.4) is 0 Å². The standard InChI is InChI=1S/C62H95N7O16/c1-18-37(10)51-49(84-41(14)71)32-50(72)85-54(35(6)7)53(73)38(11)55(74)63-44(29-33(2)3)58(77)68-28-20-22-46(68)60(79)66(16)48(31-42-23-25-43(82-17)26-24-42)62(81)83-40(13)52(56(75)64-51)69(36(8)9)61(80)47(30-34(4)5)65(15)59(78)45-21-19-27-67(45)57(76)39(12)70/h23-26,33-38,40,44-49,51-52,54H,18-22,27-32H2,1-17H3,(H,63,74)(H,64,75)/t37-,38-,40+,44-,45-,46-,47+,48-,49+,51-,52-,54-/m0/s1. The van der Waals surface area contributed by atoms with Crippen LogP contribution < -0.4 is 15.4 Å². The lowest BCUT2D eigenvalue weighted by Crippen LogP contribution is -2.65. The third-order valence-electron chi connectivity index (χ3n) is 16.5. The van der Waals surface area contributed by atoms with E-state index >= 15 is 19.2 Å². The zero-order valence-electron chi connectivity index (χ0n) is 53.1. The molecule has 7 amide bonds. The van der Waals surface area contributed by atoms with E-state index in [-0.39, 0.29) is 57.0 Å². The van der Waals surface area contributed by atoms with E-state index in [1.54, 1.807) is 65.8 Å². The number of cyclic esters (lactones) is 2. The van der Waals surface area contributed by atoms with Crippen LogP contribution >= 0.6 is 0 Å². The van der Waals surface area contributed by atoms with Crippen LogP contribution in [0.5, 0.6) is 5.75 Å². The third-order valence-corrected chi connectivity index (χ3v) is 16.5. The SMILES string of the molecule is CC[C@H](C)[C@@H]1NC(=O)[C@@H](N(C(=O)[C@@H](CC(C)C)N(C)C(=O)[C@@H]2CCCN2C(=O)C(C)=O)C(C)C)[C@@H](C)OC(=O)[C@H](Cc2ccc(OC)cc2)N(C)C(=O)[C@@H]2CCCN2C(=O)[C@H](CC(C)C)NC(=O)[C@@H](C)C(=O)[C@H](C(C)C)OC(=O)C[C@H]1OC(C)=O. The number of benzene rings is 1. The van der Waals surface area contributed by atoms with Crippen molar-refractivity contribution in [2.75, 3.05) is 34.3 Å². The maximum absolute atomic E-state index is 15.8. The van der Waals surface area contributed by atoms with Gasteiger partial charge >= 0.3 is 17.9 Å². The Morgan fingerprint density at radius 1 is 0.800 bits per heavy atom. The number of fused-ring (bicyclic) bond motifs is 1. The Kier molecular flexibility index (Phi) is 26.1. The molecule has 0 unspecified atom stereocenters. The number of likely N-dealkylation sites (tertiary alicyclic amines) is 1. The Balaban J connectivity index is 2.03. The summed E-state index contributed by atoms with van der Waals surface area (Å²) in [6.07, 6.45) is -3.73. The molecule has 0 aliphatic carbocycles. The number of rotatable bonds is 17. The minimum Gasteiger partial charge on any atom is -0.497 e.